The Hall–Kier alpha value is -2.74. The molecule has 0 aromatic heterocycles. The van der Waals surface area contributed by atoms with Gasteiger partial charge in [-0.25, -0.2) is 0 Å². The van der Waals surface area contributed by atoms with Gasteiger partial charge in [-0.15, -0.1) is 0 Å². The number of benzene rings is 2. The van der Waals surface area contributed by atoms with E-state index in [1.165, 1.54) is 0 Å². The van der Waals surface area contributed by atoms with Crippen LogP contribution in [0.4, 0.5) is 11.4 Å². The summed E-state index contributed by atoms with van der Waals surface area (Å²) in [5, 5.41) is 20.7. The van der Waals surface area contributed by atoms with Crippen LogP contribution in [0.2, 0.25) is 0 Å². The van der Waals surface area contributed by atoms with Crippen molar-refractivity contribution in [2.24, 2.45) is 11.8 Å². The minimum absolute atomic E-state index is 0.0817. The summed E-state index contributed by atoms with van der Waals surface area (Å²) in [6.07, 6.45) is 2.38. The summed E-state index contributed by atoms with van der Waals surface area (Å²) in [6.45, 7) is 6.45. The third-order valence-corrected chi connectivity index (χ3v) is 8.19. The molecule has 2 saturated heterocycles. The van der Waals surface area contributed by atoms with Crippen LogP contribution in [0.1, 0.15) is 57.6 Å². The summed E-state index contributed by atoms with van der Waals surface area (Å²) >= 11 is 0. The average Bonchev–Trinajstić information content (AvgIpc) is 3.27. The number of aliphatic hydroxyl groups excluding tert-OH is 1. The summed E-state index contributed by atoms with van der Waals surface area (Å²) in [5.41, 5.74) is 1.10. The smallest absolute Gasteiger partial charge is 0.264 e. The topological polar surface area (TPSA) is 90.3 Å². The molecular formula is C29H36N2O5. The van der Waals surface area contributed by atoms with Gasteiger partial charge in [-0.05, 0) is 56.9 Å². The maximum Gasteiger partial charge on any atom is 0.264 e. The number of para-hydroxylation sites is 1. The zero-order chi connectivity index (χ0) is 25.7. The normalized spacial score (nSPS) is 28.3. The Bertz CT molecular complexity index is 1160. The van der Waals surface area contributed by atoms with Crippen LogP contribution in [-0.2, 0) is 26.5 Å². The van der Waals surface area contributed by atoms with Gasteiger partial charge in [0.05, 0.1) is 23.9 Å². The van der Waals surface area contributed by atoms with Crippen LogP contribution in [0.15, 0.2) is 48.5 Å². The number of fused-ring (bicyclic) bond motifs is 2. The van der Waals surface area contributed by atoms with Crippen molar-refractivity contribution in [2.45, 2.75) is 70.3 Å². The number of rotatable bonds is 6. The average molecular weight is 493 g/mol. The molecule has 192 valence electrons. The van der Waals surface area contributed by atoms with E-state index in [0.29, 0.717) is 25.9 Å². The first-order valence-electron chi connectivity index (χ1n) is 13.0. The molecule has 2 fully saturated rings. The molecule has 2 amide bonds. The predicted octanol–water partition coefficient (Wildman–Crippen LogP) is 3.75. The number of hydrogen-bond donors (Lipinski definition) is 2. The first-order valence-corrected chi connectivity index (χ1v) is 13.0. The van der Waals surface area contributed by atoms with Crippen LogP contribution < -0.4 is 9.80 Å². The third kappa shape index (κ3) is 3.94. The molecule has 2 aromatic rings. The van der Waals surface area contributed by atoms with Gasteiger partial charge < -0.3 is 24.7 Å². The lowest BCUT2D eigenvalue weighted by Gasteiger charge is -2.34. The number of aliphatic hydroxyl groups is 2. The number of ether oxygens (including phenoxy) is 1. The molecule has 0 aliphatic carbocycles. The zero-order valence-electron chi connectivity index (χ0n) is 21.3. The minimum Gasteiger partial charge on any atom is -0.396 e. The van der Waals surface area contributed by atoms with Gasteiger partial charge >= 0.3 is 0 Å². The standard InChI is InChI=1S/C29H36N2O5/c1-19-26(28(2,3)35)24(14-16-32)36-29(19)22-11-4-5-12-23(22)31(27(29)34)18-20-9-8-10-21(17-20)30-15-7-6-13-25(30)33/h4-5,8-12,17,19,24,26,32,35H,6-7,13-16,18H2,1-3H3/t19-,24+,26-,29+/m1/s1. The summed E-state index contributed by atoms with van der Waals surface area (Å²) < 4.78 is 6.58. The molecule has 0 unspecified atom stereocenters. The second-order valence-electron chi connectivity index (χ2n) is 11.0. The molecule has 0 saturated carbocycles. The Balaban J connectivity index is 1.51. The molecule has 2 aromatic carbocycles. The fraction of sp³-hybridized carbons (Fsp3) is 0.517. The molecule has 4 atom stereocenters. The zero-order valence-corrected chi connectivity index (χ0v) is 21.3. The van der Waals surface area contributed by atoms with E-state index in [0.717, 1.165) is 35.3 Å². The van der Waals surface area contributed by atoms with Gasteiger partial charge in [0.25, 0.3) is 5.91 Å². The van der Waals surface area contributed by atoms with E-state index in [-0.39, 0.29) is 30.3 Å². The molecular weight excluding hydrogens is 456 g/mol. The first kappa shape index (κ1) is 24.9. The summed E-state index contributed by atoms with van der Waals surface area (Å²) in [5.74, 6) is -0.633. The Morgan fingerprint density at radius 2 is 1.89 bits per heavy atom. The molecule has 0 radical (unpaired) electrons. The van der Waals surface area contributed by atoms with Crippen molar-refractivity contribution in [2.75, 3.05) is 23.0 Å². The van der Waals surface area contributed by atoms with E-state index in [9.17, 15) is 19.8 Å². The van der Waals surface area contributed by atoms with Crippen LogP contribution in [0.25, 0.3) is 0 Å². The van der Waals surface area contributed by atoms with Crippen LogP contribution in [-0.4, -0.2) is 46.9 Å². The highest BCUT2D eigenvalue weighted by atomic mass is 16.5. The molecule has 3 heterocycles. The Kier molecular flexibility index (Phi) is 6.43. The quantitative estimate of drug-likeness (QED) is 0.641. The lowest BCUT2D eigenvalue weighted by Crippen LogP contribution is -2.46. The van der Waals surface area contributed by atoms with E-state index < -0.39 is 17.3 Å². The van der Waals surface area contributed by atoms with E-state index in [1.807, 2.05) is 60.4 Å². The molecule has 0 bridgehead atoms. The maximum atomic E-state index is 14.3. The summed E-state index contributed by atoms with van der Waals surface area (Å²) in [7, 11) is 0. The van der Waals surface area contributed by atoms with Crippen molar-refractivity contribution in [1.82, 2.24) is 0 Å². The van der Waals surface area contributed by atoms with E-state index in [4.69, 9.17) is 4.74 Å². The largest absolute Gasteiger partial charge is 0.396 e. The highest BCUT2D eigenvalue weighted by Gasteiger charge is 2.65. The number of carbonyl (C=O) groups is 2. The first-order chi connectivity index (χ1) is 17.2. The Morgan fingerprint density at radius 1 is 1.11 bits per heavy atom. The lowest BCUT2D eigenvalue weighted by molar-refractivity contribution is -0.146. The fourth-order valence-corrected chi connectivity index (χ4v) is 6.67. The number of amides is 2. The van der Waals surface area contributed by atoms with Gasteiger partial charge in [-0.3, -0.25) is 9.59 Å². The minimum atomic E-state index is -1.22. The van der Waals surface area contributed by atoms with Crippen molar-refractivity contribution >= 4 is 23.2 Å². The van der Waals surface area contributed by atoms with Gasteiger partial charge in [0.2, 0.25) is 5.91 Å². The molecule has 3 aliphatic heterocycles. The monoisotopic (exact) mass is 492 g/mol. The van der Waals surface area contributed by atoms with Gasteiger partial charge in [-0.1, -0.05) is 37.3 Å². The number of carbonyl (C=O) groups excluding carboxylic acids is 2. The van der Waals surface area contributed by atoms with Crippen LogP contribution in [0.3, 0.4) is 0 Å². The number of nitrogens with zero attached hydrogens (tertiary/aromatic N) is 2. The third-order valence-electron chi connectivity index (χ3n) is 8.19. The highest BCUT2D eigenvalue weighted by Crippen LogP contribution is 2.57. The van der Waals surface area contributed by atoms with Crippen molar-refractivity contribution in [3.05, 3.63) is 59.7 Å². The van der Waals surface area contributed by atoms with Gasteiger partial charge in [-0.2, -0.15) is 0 Å². The molecule has 36 heavy (non-hydrogen) atoms. The maximum absolute atomic E-state index is 14.3. The van der Waals surface area contributed by atoms with Gasteiger partial charge in [0, 0.05) is 42.7 Å². The van der Waals surface area contributed by atoms with Crippen molar-refractivity contribution < 1.29 is 24.5 Å². The van der Waals surface area contributed by atoms with E-state index >= 15 is 0 Å². The lowest BCUT2D eigenvalue weighted by atomic mass is 9.71. The van der Waals surface area contributed by atoms with E-state index in [1.54, 1.807) is 18.7 Å². The molecule has 7 nitrogen and oxygen atoms in total. The number of hydrogen-bond acceptors (Lipinski definition) is 5. The van der Waals surface area contributed by atoms with Crippen LogP contribution >= 0.6 is 0 Å². The summed E-state index contributed by atoms with van der Waals surface area (Å²) in [4.78, 5) is 30.3. The van der Waals surface area contributed by atoms with Crippen molar-refractivity contribution in [3.63, 3.8) is 0 Å². The molecule has 3 aliphatic rings. The van der Waals surface area contributed by atoms with Gasteiger partial charge in [0.15, 0.2) is 5.60 Å². The fourth-order valence-electron chi connectivity index (χ4n) is 6.67. The Labute approximate surface area is 212 Å². The van der Waals surface area contributed by atoms with Gasteiger partial charge in [0.1, 0.15) is 0 Å². The van der Waals surface area contributed by atoms with Crippen LogP contribution in [0.5, 0.6) is 0 Å². The van der Waals surface area contributed by atoms with Crippen LogP contribution in [0, 0.1) is 11.8 Å². The molecule has 5 rings (SSSR count). The second-order valence-corrected chi connectivity index (χ2v) is 11.0. The Morgan fingerprint density at radius 3 is 2.61 bits per heavy atom. The molecule has 1 spiro atoms. The van der Waals surface area contributed by atoms with Crippen molar-refractivity contribution in [1.29, 1.82) is 0 Å². The van der Waals surface area contributed by atoms with E-state index in [2.05, 4.69) is 0 Å². The SMILES string of the molecule is C[C@@H]1[C@@H](C(C)(C)O)[C@H](CCO)O[C@@]12C(=O)N(Cc1cccc(N3CCCCC3=O)c1)c1ccccc12. The molecule has 7 heteroatoms. The number of piperidine rings is 1. The highest BCUT2D eigenvalue weighted by molar-refractivity contribution is 6.07. The number of anilines is 2. The molecule has 2 N–H and O–H groups in total. The second kappa shape index (κ2) is 9.29. The van der Waals surface area contributed by atoms with Crippen molar-refractivity contribution in [3.8, 4) is 0 Å². The summed E-state index contributed by atoms with van der Waals surface area (Å²) in [6, 6.07) is 15.6. The predicted molar refractivity (Wildman–Crippen MR) is 137 cm³/mol.